The van der Waals surface area contributed by atoms with Crippen molar-refractivity contribution in [1.82, 2.24) is 9.88 Å². The molecule has 3 aliphatic rings. The van der Waals surface area contributed by atoms with Gasteiger partial charge in [-0.05, 0) is 61.1 Å². The zero-order valence-electron chi connectivity index (χ0n) is 14.6. The molecule has 4 heterocycles. The van der Waals surface area contributed by atoms with Crippen molar-refractivity contribution < 1.29 is 4.74 Å². The van der Waals surface area contributed by atoms with Crippen molar-refractivity contribution in [2.75, 3.05) is 20.2 Å². The highest BCUT2D eigenvalue weighted by Crippen LogP contribution is 2.42. The van der Waals surface area contributed by atoms with Gasteiger partial charge in [0.25, 0.3) is 0 Å². The molecular formula is C20H27N3O. The molecule has 3 fully saturated rings. The number of fused-ring (bicyclic) bond motifs is 4. The summed E-state index contributed by atoms with van der Waals surface area (Å²) in [5.74, 6) is 2.57. The second kappa shape index (κ2) is 6.34. The van der Waals surface area contributed by atoms with Crippen LogP contribution in [0.25, 0.3) is 10.9 Å². The average Bonchev–Trinajstić information content (AvgIpc) is 2.66. The molecule has 3 aliphatic heterocycles. The maximum Gasteiger partial charge on any atom is 0.119 e. The molecule has 0 radical (unpaired) electrons. The summed E-state index contributed by atoms with van der Waals surface area (Å²) in [5.41, 5.74) is 8.98. The molecule has 5 rings (SSSR count). The number of benzene rings is 1. The number of pyridine rings is 1. The number of rotatable bonds is 4. The van der Waals surface area contributed by atoms with Gasteiger partial charge in [-0.15, -0.1) is 0 Å². The molecule has 2 bridgehead atoms. The smallest absolute Gasteiger partial charge is 0.119 e. The van der Waals surface area contributed by atoms with Gasteiger partial charge in [-0.1, -0.05) is 13.3 Å². The van der Waals surface area contributed by atoms with Gasteiger partial charge in [0.05, 0.1) is 12.6 Å². The molecule has 2 aromatic rings. The Morgan fingerprint density at radius 3 is 2.96 bits per heavy atom. The molecule has 128 valence electrons. The largest absolute Gasteiger partial charge is 0.497 e. The van der Waals surface area contributed by atoms with E-state index in [1.165, 1.54) is 37.9 Å². The summed E-state index contributed by atoms with van der Waals surface area (Å²) in [6.45, 7) is 4.74. The highest BCUT2D eigenvalue weighted by atomic mass is 16.5. The second-order valence-corrected chi connectivity index (χ2v) is 7.32. The third-order valence-corrected chi connectivity index (χ3v) is 6.22. The highest BCUT2D eigenvalue weighted by molar-refractivity contribution is 5.84. The van der Waals surface area contributed by atoms with Gasteiger partial charge in [0.2, 0.25) is 0 Å². The number of nitrogens with two attached hydrogens (primary N) is 1. The monoisotopic (exact) mass is 325 g/mol. The lowest BCUT2D eigenvalue weighted by molar-refractivity contribution is -0.0105. The van der Waals surface area contributed by atoms with Crippen LogP contribution < -0.4 is 10.5 Å². The maximum absolute atomic E-state index is 6.79. The van der Waals surface area contributed by atoms with Crippen molar-refractivity contribution in [3.8, 4) is 5.75 Å². The Morgan fingerprint density at radius 1 is 1.38 bits per heavy atom. The van der Waals surface area contributed by atoms with Crippen LogP contribution in [0, 0.1) is 11.8 Å². The van der Waals surface area contributed by atoms with Crippen molar-refractivity contribution >= 4 is 10.9 Å². The predicted octanol–water partition coefficient (Wildman–Crippen LogP) is 3.36. The highest BCUT2D eigenvalue weighted by Gasteiger charge is 2.41. The van der Waals surface area contributed by atoms with Gasteiger partial charge < -0.3 is 10.5 Å². The van der Waals surface area contributed by atoms with Gasteiger partial charge in [-0.3, -0.25) is 9.88 Å². The fourth-order valence-corrected chi connectivity index (χ4v) is 4.79. The van der Waals surface area contributed by atoms with E-state index in [1.807, 2.05) is 18.3 Å². The molecule has 0 spiro atoms. The van der Waals surface area contributed by atoms with Crippen LogP contribution in [-0.4, -0.2) is 36.1 Å². The third kappa shape index (κ3) is 2.58. The Balaban J connectivity index is 1.68. The molecule has 1 aromatic carbocycles. The molecule has 0 amide bonds. The molecule has 4 nitrogen and oxygen atoms in total. The SMILES string of the molecule is CCC1CN2CC[C@@H]1CC2C(N)c1ccnc2ccc(OC)cc12. The van der Waals surface area contributed by atoms with Gasteiger partial charge in [0.1, 0.15) is 5.75 Å². The molecule has 0 saturated carbocycles. The van der Waals surface area contributed by atoms with E-state index >= 15 is 0 Å². The molecule has 4 heteroatoms. The first-order valence-corrected chi connectivity index (χ1v) is 9.13. The summed E-state index contributed by atoms with van der Waals surface area (Å²) in [6.07, 6.45) is 5.74. The fraction of sp³-hybridized carbons (Fsp3) is 0.550. The van der Waals surface area contributed by atoms with E-state index in [1.54, 1.807) is 7.11 Å². The molecule has 2 N–H and O–H groups in total. The lowest BCUT2D eigenvalue weighted by Crippen LogP contribution is -2.56. The van der Waals surface area contributed by atoms with E-state index < -0.39 is 0 Å². The van der Waals surface area contributed by atoms with E-state index in [0.717, 1.165) is 28.5 Å². The minimum Gasteiger partial charge on any atom is -0.497 e. The summed E-state index contributed by atoms with van der Waals surface area (Å²) >= 11 is 0. The van der Waals surface area contributed by atoms with E-state index in [-0.39, 0.29) is 6.04 Å². The van der Waals surface area contributed by atoms with Crippen LogP contribution in [0.1, 0.15) is 37.8 Å². The van der Waals surface area contributed by atoms with Crippen molar-refractivity contribution in [1.29, 1.82) is 0 Å². The third-order valence-electron chi connectivity index (χ3n) is 6.22. The van der Waals surface area contributed by atoms with Crippen LogP contribution in [0.5, 0.6) is 5.75 Å². The number of piperidine rings is 3. The number of methoxy groups -OCH3 is 1. The second-order valence-electron chi connectivity index (χ2n) is 7.32. The van der Waals surface area contributed by atoms with Crippen molar-refractivity contribution in [3.05, 3.63) is 36.0 Å². The Labute approximate surface area is 144 Å². The summed E-state index contributed by atoms with van der Waals surface area (Å²) in [4.78, 5) is 7.12. The summed E-state index contributed by atoms with van der Waals surface area (Å²) in [6, 6.07) is 8.62. The quantitative estimate of drug-likeness (QED) is 0.936. The average molecular weight is 325 g/mol. The van der Waals surface area contributed by atoms with E-state index in [9.17, 15) is 0 Å². The Hall–Kier alpha value is -1.65. The minimum atomic E-state index is 0.0308. The molecule has 3 saturated heterocycles. The fourth-order valence-electron chi connectivity index (χ4n) is 4.79. The lowest BCUT2D eigenvalue weighted by Gasteiger charge is -2.51. The standard InChI is InChI=1S/C20H27N3O/c1-3-13-12-23-9-7-14(13)10-19(23)20(21)16-6-8-22-18-5-4-15(24-2)11-17(16)18/h4-6,8,11,13-14,19-20H,3,7,9-10,12,21H2,1-2H3/t13?,14-,19?,20?/m1/s1. The summed E-state index contributed by atoms with van der Waals surface area (Å²) in [5, 5.41) is 1.12. The first-order valence-electron chi connectivity index (χ1n) is 9.13. The van der Waals surface area contributed by atoms with Crippen LogP contribution in [0.3, 0.4) is 0 Å². The van der Waals surface area contributed by atoms with Gasteiger partial charge in [0, 0.05) is 30.2 Å². The topological polar surface area (TPSA) is 51.4 Å². The zero-order chi connectivity index (χ0) is 16.7. The van der Waals surface area contributed by atoms with Gasteiger partial charge in [-0.25, -0.2) is 0 Å². The minimum absolute atomic E-state index is 0.0308. The number of aromatic nitrogens is 1. The van der Waals surface area contributed by atoms with E-state index in [0.29, 0.717) is 6.04 Å². The molecule has 5 atom stereocenters. The van der Waals surface area contributed by atoms with Crippen molar-refractivity contribution in [2.45, 2.75) is 38.3 Å². The number of ether oxygens (including phenoxy) is 1. The number of hydrogen-bond donors (Lipinski definition) is 1. The maximum atomic E-state index is 6.79. The van der Waals surface area contributed by atoms with Gasteiger partial charge in [-0.2, -0.15) is 0 Å². The van der Waals surface area contributed by atoms with Crippen molar-refractivity contribution in [2.24, 2.45) is 17.6 Å². The Morgan fingerprint density at radius 2 is 2.25 bits per heavy atom. The molecular weight excluding hydrogens is 298 g/mol. The van der Waals surface area contributed by atoms with Crippen LogP contribution in [0.2, 0.25) is 0 Å². The zero-order valence-corrected chi connectivity index (χ0v) is 14.6. The van der Waals surface area contributed by atoms with Gasteiger partial charge in [0.15, 0.2) is 0 Å². The molecule has 1 aromatic heterocycles. The van der Waals surface area contributed by atoms with Gasteiger partial charge >= 0.3 is 0 Å². The lowest BCUT2D eigenvalue weighted by atomic mass is 9.72. The first kappa shape index (κ1) is 15.9. The molecule has 0 aliphatic carbocycles. The number of hydrogen-bond acceptors (Lipinski definition) is 4. The van der Waals surface area contributed by atoms with E-state index in [4.69, 9.17) is 10.5 Å². The first-order chi connectivity index (χ1) is 11.7. The van der Waals surface area contributed by atoms with Crippen LogP contribution >= 0.6 is 0 Å². The molecule has 4 unspecified atom stereocenters. The Kier molecular flexibility index (Phi) is 4.19. The van der Waals surface area contributed by atoms with Crippen LogP contribution in [0.15, 0.2) is 30.5 Å². The summed E-state index contributed by atoms with van der Waals surface area (Å²) < 4.78 is 5.40. The Bertz CT molecular complexity index is 732. The van der Waals surface area contributed by atoms with E-state index in [2.05, 4.69) is 28.9 Å². The van der Waals surface area contributed by atoms with Crippen LogP contribution in [-0.2, 0) is 0 Å². The van der Waals surface area contributed by atoms with Crippen molar-refractivity contribution in [3.63, 3.8) is 0 Å². The van der Waals surface area contributed by atoms with Crippen LogP contribution in [0.4, 0.5) is 0 Å². The summed E-state index contributed by atoms with van der Waals surface area (Å²) in [7, 11) is 1.70. The predicted molar refractivity (Wildman–Crippen MR) is 97.1 cm³/mol. The number of nitrogens with zero attached hydrogens (tertiary/aromatic N) is 2. The normalized spacial score (nSPS) is 30.5. The molecule has 24 heavy (non-hydrogen) atoms.